The highest BCUT2D eigenvalue weighted by Gasteiger charge is 2.09. The molecular weight excluding hydrogens is 413 g/mol. The minimum atomic E-state index is 0. The van der Waals surface area contributed by atoms with Gasteiger partial charge in [-0.2, -0.15) is 5.10 Å². The Morgan fingerprint density at radius 2 is 1.92 bits per heavy atom. The number of aliphatic imine (C=N–C) groups is 1. The van der Waals surface area contributed by atoms with E-state index in [-0.39, 0.29) is 24.0 Å². The van der Waals surface area contributed by atoms with Crippen molar-refractivity contribution >= 4 is 29.9 Å². The van der Waals surface area contributed by atoms with Gasteiger partial charge >= 0.3 is 0 Å². The van der Waals surface area contributed by atoms with E-state index in [1.54, 1.807) is 0 Å². The number of hydrogen-bond donors (Lipinski definition) is 2. The highest BCUT2D eigenvalue weighted by molar-refractivity contribution is 14.0. The fraction of sp³-hybridized carbons (Fsp3) is 0.444. The predicted molar refractivity (Wildman–Crippen MR) is 111 cm³/mol. The Kier molecular flexibility index (Phi) is 8.81. The Hall–Kier alpha value is -1.57. The predicted octanol–water partition coefficient (Wildman–Crippen LogP) is 3.59. The minimum absolute atomic E-state index is 0. The van der Waals surface area contributed by atoms with Crippen LogP contribution in [0.15, 0.2) is 47.7 Å². The first-order valence-corrected chi connectivity index (χ1v) is 8.24. The summed E-state index contributed by atoms with van der Waals surface area (Å²) < 4.78 is 1.88. The molecule has 132 valence electrons. The van der Waals surface area contributed by atoms with Crippen molar-refractivity contribution in [2.24, 2.45) is 10.9 Å². The third kappa shape index (κ3) is 6.14. The molecule has 2 N–H and O–H groups in total. The lowest BCUT2D eigenvalue weighted by Gasteiger charge is -2.20. The number of nitrogens with one attached hydrogen (secondary N) is 2. The Morgan fingerprint density at radius 3 is 2.54 bits per heavy atom. The van der Waals surface area contributed by atoms with Crippen LogP contribution in [0.2, 0.25) is 0 Å². The Morgan fingerprint density at radius 1 is 1.21 bits per heavy atom. The highest BCUT2D eigenvalue weighted by Crippen LogP contribution is 2.08. The van der Waals surface area contributed by atoms with Crippen molar-refractivity contribution in [2.45, 2.75) is 40.3 Å². The van der Waals surface area contributed by atoms with E-state index in [0.29, 0.717) is 18.5 Å². The Balaban J connectivity index is 0.00000288. The SMILES string of the molecule is CCNC(=NCc1cnn(-c2ccccc2)c1)NC(C)C(C)C.I. The van der Waals surface area contributed by atoms with E-state index in [1.165, 1.54) is 0 Å². The van der Waals surface area contributed by atoms with Crippen LogP contribution in [0.4, 0.5) is 0 Å². The second-order valence-electron chi connectivity index (χ2n) is 6.00. The first-order valence-electron chi connectivity index (χ1n) is 8.24. The summed E-state index contributed by atoms with van der Waals surface area (Å²) >= 11 is 0. The summed E-state index contributed by atoms with van der Waals surface area (Å²) in [6.45, 7) is 10.1. The molecule has 0 amide bonds. The van der Waals surface area contributed by atoms with Crippen molar-refractivity contribution in [3.8, 4) is 5.69 Å². The third-order valence-electron chi connectivity index (χ3n) is 3.79. The normalized spacial score (nSPS) is 12.6. The molecule has 5 nitrogen and oxygen atoms in total. The largest absolute Gasteiger partial charge is 0.357 e. The standard InChI is InChI=1S/C18H27N5.HI/c1-5-19-18(22-15(4)14(2)3)20-11-16-12-21-23(13-16)17-9-7-6-8-10-17;/h6-10,12-15H,5,11H2,1-4H3,(H2,19,20,22);1H. The molecule has 1 heterocycles. The van der Waals surface area contributed by atoms with Gasteiger partial charge in [-0.1, -0.05) is 32.0 Å². The first kappa shape index (κ1) is 20.5. The Bertz CT molecular complexity index is 621. The van der Waals surface area contributed by atoms with E-state index in [0.717, 1.165) is 23.8 Å². The summed E-state index contributed by atoms with van der Waals surface area (Å²) in [6.07, 6.45) is 3.89. The van der Waals surface area contributed by atoms with Crippen LogP contribution >= 0.6 is 24.0 Å². The molecule has 0 fully saturated rings. The van der Waals surface area contributed by atoms with Crippen LogP contribution in [0.5, 0.6) is 0 Å². The molecule has 0 aliphatic carbocycles. The van der Waals surface area contributed by atoms with Crippen molar-refractivity contribution in [3.63, 3.8) is 0 Å². The first-order chi connectivity index (χ1) is 11.1. The van der Waals surface area contributed by atoms with Gasteiger partial charge in [0.25, 0.3) is 0 Å². The molecule has 0 saturated carbocycles. The number of hydrogen-bond acceptors (Lipinski definition) is 2. The average Bonchev–Trinajstić information content (AvgIpc) is 3.02. The van der Waals surface area contributed by atoms with Crippen molar-refractivity contribution < 1.29 is 0 Å². The molecular formula is C18H28IN5. The van der Waals surface area contributed by atoms with Gasteiger partial charge in [0, 0.05) is 24.3 Å². The van der Waals surface area contributed by atoms with Gasteiger partial charge < -0.3 is 10.6 Å². The number of guanidine groups is 1. The van der Waals surface area contributed by atoms with Crippen LogP contribution in [-0.4, -0.2) is 28.3 Å². The molecule has 2 rings (SSSR count). The van der Waals surface area contributed by atoms with E-state index in [2.05, 4.69) is 48.4 Å². The molecule has 1 aromatic heterocycles. The molecule has 2 aromatic rings. The molecule has 6 heteroatoms. The summed E-state index contributed by atoms with van der Waals surface area (Å²) in [5, 5.41) is 11.1. The fourth-order valence-electron chi connectivity index (χ4n) is 2.04. The molecule has 1 unspecified atom stereocenters. The van der Waals surface area contributed by atoms with Gasteiger partial charge in [0.2, 0.25) is 0 Å². The van der Waals surface area contributed by atoms with E-state index in [4.69, 9.17) is 0 Å². The van der Waals surface area contributed by atoms with Crippen LogP contribution in [-0.2, 0) is 6.54 Å². The molecule has 1 aromatic carbocycles. The van der Waals surface area contributed by atoms with Gasteiger partial charge in [-0.25, -0.2) is 9.67 Å². The smallest absolute Gasteiger partial charge is 0.191 e. The summed E-state index contributed by atoms with van der Waals surface area (Å²) in [7, 11) is 0. The Labute approximate surface area is 162 Å². The molecule has 1 atom stereocenters. The van der Waals surface area contributed by atoms with Gasteiger partial charge in [0.05, 0.1) is 18.4 Å². The van der Waals surface area contributed by atoms with Crippen molar-refractivity contribution in [3.05, 3.63) is 48.3 Å². The lowest BCUT2D eigenvalue weighted by Crippen LogP contribution is -2.44. The summed E-state index contributed by atoms with van der Waals surface area (Å²) in [4.78, 5) is 4.65. The maximum Gasteiger partial charge on any atom is 0.191 e. The van der Waals surface area contributed by atoms with E-state index in [9.17, 15) is 0 Å². The third-order valence-corrected chi connectivity index (χ3v) is 3.79. The van der Waals surface area contributed by atoms with Crippen LogP contribution in [0, 0.1) is 5.92 Å². The lowest BCUT2D eigenvalue weighted by atomic mass is 10.1. The quantitative estimate of drug-likeness (QED) is 0.409. The van der Waals surface area contributed by atoms with Gasteiger partial charge in [-0.05, 0) is 31.9 Å². The molecule has 0 spiro atoms. The monoisotopic (exact) mass is 441 g/mol. The number of rotatable bonds is 6. The van der Waals surface area contributed by atoms with Crippen LogP contribution in [0.25, 0.3) is 5.69 Å². The molecule has 0 bridgehead atoms. The zero-order chi connectivity index (χ0) is 16.7. The maximum atomic E-state index is 4.65. The molecule has 0 aliphatic heterocycles. The second-order valence-corrected chi connectivity index (χ2v) is 6.00. The van der Waals surface area contributed by atoms with Gasteiger partial charge in [0.1, 0.15) is 0 Å². The van der Waals surface area contributed by atoms with E-state index < -0.39 is 0 Å². The van der Waals surface area contributed by atoms with Crippen LogP contribution in [0.1, 0.15) is 33.3 Å². The molecule has 0 aliphatic rings. The molecule has 0 radical (unpaired) electrons. The topological polar surface area (TPSA) is 54.2 Å². The minimum Gasteiger partial charge on any atom is -0.357 e. The maximum absolute atomic E-state index is 4.65. The zero-order valence-corrected chi connectivity index (χ0v) is 17.2. The number of halogens is 1. The van der Waals surface area contributed by atoms with Crippen LogP contribution < -0.4 is 10.6 Å². The van der Waals surface area contributed by atoms with Gasteiger partial charge in [0.15, 0.2) is 5.96 Å². The lowest BCUT2D eigenvalue weighted by molar-refractivity contribution is 0.481. The fourth-order valence-corrected chi connectivity index (χ4v) is 2.04. The summed E-state index contributed by atoms with van der Waals surface area (Å²) in [5.74, 6) is 1.40. The summed E-state index contributed by atoms with van der Waals surface area (Å²) in [5.41, 5.74) is 2.14. The highest BCUT2D eigenvalue weighted by atomic mass is 127. The number of para-hydroxylation sites is 1. The van der Waals surface area contributed by atoms with E-state index in [1.807, 2.05) is 47.4 Å². The van der Waals surface area contributed by atoms with Crippen molar-refractivity contribution in [1.82, 2.24) is 20.4 Å². The number of benzene rings is 1. The van der Waals surface area contributed by atoms with Gasteiger partial charge in [-0.3, -0.25) is 0 Å². The van der Waals surface area contributed by atoms with E-state index >= 15 is 0 Å². The van der Waals surface area contributed by atoms with Crippen molar-refractivity contribution in [1.29, 1.82) is 0 Å². The second kappa shape index (κ2) is 10.3. The average molecular weight is 441 g/mol. The zero-order valence-electron chi connectivity index (χ0n) is 14.9. The molecule has 24 heavy (non-hydrogen) atoms. The number of nitrogens with zero attached hydrogens (tertiary/aromatic N) is 3. The van der Waals surface area contributed by atoms with Crippen molar-refractivity contribution in [2.75, 3.05) is 6.54 Å². The summed E-state index contributed by atoms with van der Waals surface area (Å²) in [6, 6.07) is 10.5. The molecule has 0 saturated heterocycles. The number of aromatic nitrogens is 2. The van der Waals surface area contributed by atoms with Crippen LogP contribution in [0.3, 0.4) is 0 Å². The van der Waals surface area contributed by atoms with Gasteiger partial charge in [-0.15, -0.1) is 24.0 Å².